The Hall–Kier alpha value is -2.69. The van der Waals surface area contributed by atoms with Crippen LogP contribution < -0.4 is 5.73 Å². The van der Waals surface area contributed by atoms with E-state index in [9.17, 15) is 0 Å². The van der Waals surface area contributed by atoms with Gasteiger partial charge in [-0.2, -0.15) is 4.98 Å². The van der Waals surface area contributed by atoms with Gasteiger partial charge >= 0.3 is 0 Å². The summed E-state index contributed by atoms with van der Waals surface area (Å²) in [6, 6.07) is 9.70. The average Bonchev–Trinajstić information content (AvgIpc) is 2.87. The zero-order chi connectivity index (χ0) is 14.8. The number of nitrogens with zero attached hydrogens (tertiary/aromatic N) is 3. The number of rotatable bonds is 3. The molecule has 2 heterocycles. The van der Waals surface area contributed by atoms with Crippen LogP contribution in [0.5, 0.6) is 0 Å². The second-order valence-electron chi connectivity index (χ2n) is 5.11. The van der Waals surface area contributed by atoms with E-state index in [0.717, 1.165) is 28.1 Å². The molecule has 0 bridgehead atoms. The van der Waals surface area contributed by atoms with Crippen molar-refractivity contribution in [1.29, 1.82) is 0 Å². The van der Waals surface area contributed by atoms with Crippen LogP contribution >= 0.6 is 0 Å². The number of anilines is 1. The number of aromatic nitrogens is 3. The van der Waals surface area contributed by atoms with Gasteiger partial charge in [-0.05, 0) is 42.7 Å². The number of aryl methyl sites for hydroxylation is 2. The summed E-state index contributed by atoms with van der Waals surface area (Å²) in [6.07, 6.45) is 2.36. The van der Waals surface area contributed by atoms with Crippen LogP contribution in [0.3, 0.4) is 0 Å². The molecular weight excluding hydrogens is 264 g/mol. The standard InChI is InChI=1S/C16H16N4O/c1-10-6-11(2)15(18-9-10)16-19-14(21-20-16)8-12-4-3-5-13(17)7-12/h3-7,9H,8,17H2,1-2H3. The van der Waals surface area contributed by atoms with Gasteiger partial charge in [0, 0.05) is 11.9 Å². The molecule has 5 heteroatoms. The lowest BCUT2D eigenvalue weighted by Gasteiger charge is -2.00. The average molecular weight is 280 g/mol. The first kappa shape index (κ1) is 13.3. The van der Waals surface area contributed by atoms with E-state index in [4.69, 9.17) is 10.3 Å². The number of pyridine rings is 1. The van der Waals surface area contributed by atoms with Gasteiger partial charge in [-0.3, -0.25) is 4.98 Å². The molecule has 3 aromatic rings. The fraction of sp³-hybridized carbons (Fsp3) is 0.188. The highest BCUT2D eigenvalue weighted by Crippen LogP contribution is 2.19. The Balaban J connectivity index is 1.86. The number of nitrogens with two attached hydrogens (primary N) is 1. The van der Waals surface area contributed by atoms with Crippen LogP contribution in [0.25, 0.3) is 11.5 Å². The molecule has 0 saturated carbocycles. The van der Waals surface area contributed by atoms with Crippen LogP contribution in [0.2, 0.25) is 0 Å². The maximum atomic E-state index is 5.77. The molecule has 2 N–H and O–H groups in total. The molecule has 0 atom stereocenters. The second kappa shape index (κ2) is 5.36. The lowest BCUT2D eigenvalue weighted by Crippen LogP contribution is -1.93. The Kier molecular flexibility index (Phi) is 3.39. The molecule has 5 nitrogen and oxygen atoms in total. The van der Waals surface area contributed by atoms with Crippen LogP contribution in [0.4, 0.5) is 5.69 Å². The van der Waals surface area contributed by atoms with Crippen LogP contribution in [-0.4, -0.2) is 15.1 Å². The third-order valence-corrected chi connectivity index (χ3v) is 3.20. The van der Waals surface area contributed by atoms with E-state index < -0.39 is 0 Å². The van der Waals surface area contributed by atoms with Crippen LogP contribution in [0, 0.1) is 13.8 Å². The molecule has 1 aromatic carbocycles. The summed E-state index contributed by atoms with van der Waals surface area (Å²) in [5, 5.41) is 4.02. The predicted molar refractivity (Wildman–Crippen MR) is 80.7 cm³/mol. The minimum atomic E-state index is 0.520. The Morgan fingerprint density at radius 2 is 2.05 bits per heavy atom. The number of nitrogen functional groups attached to an aromatic ring is 1. The highest BCUT2D eigenvalue weighted by Gasteiger charge is 2.12. The lowest BCUT2D eigenvalue weighted by atomic mass is 10.1. The van der Waals surface area contributed by atoms with Gasteiger partial charge in [0.15, 0.2) is 0 Å². The molecule has 0 aliphatic carbocycles. The molecule has 2 aromatic heterocycles. The van der Waals surface area contributed by atoms with Gasteiger partial charge in [0.1, 0.15) is 5.69 Å². The molecule has 3 rings (SSSR count). The van der Waals surface area contributed by atoms with Crippen molar-refractivity contribution in [3.8, 4) is 11.5 Å². The van der Waals surface area contributed by atoms with Crippen molar-refractivity contribution in [2.75, 3.05) is 5.73 Å². The first-order valence-corrected chi connectivity index (χ1v) is 6.72. The van der Waals surface area contributed by atoms with E-state index >= 15 is 0 Å². The van der Waals surface area contributed by atoms with Crippen LogP contribution in [0.1, 0.15) is 22.6 Å². The maximum absolute atomic E-state index is 5.77. The summed E-state index contributed by atoms with van der Waals surface area (Å²) in [5.74, 6) is 1.07. The van der Waals surface area contributed by atoms with E-state index in [1.54, 1.807) is 6.20 Å². The fourth-order valence-electron chi connectivity index (χ4n) is 2.25. The molecular formula is C16H16N4O. The van der Waals surface area contributed by atoms with E-state index in [2.05, 4.69) is 21.2 Å². The smallest absolute Gasteiger partial charge is 0.231 e. The summed E-state index contributed by atoms with van der Waals surface area (Å²) in [5.41, 5.74) is 10.4. The fourth-order valence-corrected chi connectivity index (χ4v) is 2.25. The number of hydrogen-bond acceptors (Lipinski definition) is 5. The van der Waals surface area contributed by atoms with Gasteiger partial charge in [-0.1, -0.05) is 23.4 Å². The Labute approximate surface area is 122 Å². The molecule has 0 aliphatic heterocycles. The number of hydrogen-bond donors (Lipinski definition) is 1. The van der Waals surface area contributed by atoms with Crippen molar-refractivity contribution in [3.05, 3.63) is 59.1 Å². The van der Waals surface area contributed by atoms with Gasteiger partial charge in [0.05, 0.1) is 6.42 Å². The van der Waals surface area contributed by atoms with Crippen molar-refractivity contribution in [3.63, 3.8) is 0 Å². The molecule has 0 saturated heterocycles. The van der Waals surface area contributed by atoms with Crippen molar-refractivity contribution < 1.29 is 4.52 Å². The summed E-state index contributed by atoms with van der Waals surface area (Å²) in [6.45, 7) is 3.99. The Bertz CT molecular complexity index is 779. The highest BCUT2D eigenvalue weighted by molar-refractivity contribution is 5.54. The van der Waals surface area contributed by atoms with Gasteiger partial charge in [-0.15, -0.1) is 0 Å². The molecule has 0 radical (unpaired) electrons. The largest absolute Gasteiger partial charge is 0.399 e. The van der Waals surface area contributed by atoms with Crippen LogP contribution in [-0.2, 0) is 6.42 Å². The second-order valence-corrected chi connectivity index (χ2v) is 5.11. The third kappa shape index (κ3) is 2.91. The lowest BCUT2D eigenvalue weighted by molar-refractivity contribution is 0.385. The monoisotopic (exact) mass is 280 g/mol. The molecule has 0 unspecified atom stereocenters. The topological polar surface area (TPSA) is 77.8 Å². The van der Waals surface area contributed by atoms with Crippen molar-refractivity contribution in [2.45, 2.75) is 20.3 Å². The third-order valence-electron chi connectivity index (χ3n) is 3.20. The van der Waals surface area contributed by atoms with Crippen molar-refractivity contribution in [2.24, 2.45) is 0 Å². The summed E-state index contributed by atoms with van der Waals surface area (Å²) in [4.78, 5) is 8.79. The molecule has 21 heavy (non-hydrogen) atoms. The van der Waals surface area contributed by atoms with E-state index in [1.807, 2.05) is 38.1 Å². The van der Waals surface area contributed by atoms with Gasteiger partial charge < -0.3 is 10.3 Å². The summed E-state index contributed by atoms with van der Waals surface area (Å²) < 4.78 is 5.31. The minimum Gasteiger partial charge on any atom is -0.399 e. The van der Waals surface area contributed by atoms with E-state index in [0.29, 0.717) is 18.1 Å². The summed E-state index contributed by atoms with van der Waals surface area (Å²) >= 11 is 0. The quantitative estimate of drug-likeness (QED) is 0.746. The van der Waals surface area contributed by atoms with Gasteiger partial charge in [-0.25, -0.2) is 0 Å². The van der Waals surface area contributed by atoms with Gasteiger partial charge in [0.2, 0.25) is 11.7 Å². The molecule has 0 fully saturated rings. The molecule has 106 valence electrons. The first-order chi connectivity index (χ1) is 10.1. The predicted octanol–water partition coefficient (Wildman–Crippen LogP) is 2.92. The SMILES string of the molecule is Cc1cnc(-c2noc(Cc3cccc(N)c3)n2)c(C)c1. The summed E-state index contributed by atoms with van der Waals surface area (Å²) in [7, 11) is 0. The van der Waals surface area contributed by atoms with E-state index in [-0.39, 0.29) is 0 Å². The zero-order valence-electron chi connectivity index (χ0n) is 12.0. The maximum Gasteiger partial charge on any atom is 0.231 e. The van der Waals surface area contributed by atoms with Gasteiger partial charge in [0.25, 0.3) is 0 Å². The molecule has 0 spiro atoms. The Morgan fingerprint density at radius 3 is 2.81 bits per heavy atom. The molecule has 0 aliphatic rings. The minimum absolute atomic E-state index is 0.520. The highest BCUT2D eigenvalue weighted by atomic mass is 16.5. The number of benzene rings is 1. The normalized spacial score (nSPS) is 10.8. The van der Waals surface area contributed by atoms with Crippen molar-refractivity contribution in [1.82, 2.24) is 15.1 Å². The van der Waals surface area contributed by atoms with Crippen molar-refractivity contribution >= 4 is 5.69 Å². The first-order valence-electron chi connectivity index (χ1n) is 6.72. The van der Waals surface area contributed by atoms with Crippen LogP contribution in [0.15, 0.2) is 41.1 Å². The molecule has 0 amide bonds. The zero-order valence-corrected chi connectivity index (χ0v) is 12.0. The van der Waals surface area contributed by atoms with E-state index in [1.165, 1.54) is 0 Å². The Morgan fingerprint density at radius 1 is 1.19 bits per heavy atom.